The molecule has 2 N–H and O–H groups in total. The lowest BCUT2D eigenvalue weighted by Crippen LogP contribution is -2.19. The van der Waals surface area contributed by atoms with Gasteiger partial charge in [0.2, 0.25) is 5.91 Å². The zero-order valence-electron chi connectivity index (χ0n) is 14.0. The summed E-state index contributed by atoms with van der Waals surface area (Å²) >= 11 is 1.45. The number of carbonyl (C=O) groups is 2. The second-order valence-corrected chi connectivity index (χ2v) is 6.47. The van der Waals surface area contributed by atoms with Gasteiger partial charge >= 0.3 is 0 Å². The fourth-order valence-corrected chi connectivity index (χ4v) is 3.06. The molecule has 1 heterocycles. The number of carbonyl (C=O) groups excluding carboxylic acids is 2. The molecule has 6 heteroatoms. The van der Waals surface area contributed by atoms with Gasteiger partial charge in [0.15, 0.2) is 0 Å². The Labute approximate surface area is 155 Å². The first-order chi connectivity index (χ1) is 12.7. The molecule has 0 aliphatic carbocycles. The molecule has 1 aromatic heterocycles. The maximum absolute atomic E-state index is 12.5. The van der Waals surface area contributed by atoms with Gasteiger partial charge in [-0.05, 0) is 36.4 Å². The van der Waals surface area contributed by atoms with Crippen LogP contribution >= 0.6 is 11.8 Å². The van der Waals surface area contributed by atoms with Crippen molar-refractivity contribution in [2.45, 2.75) is 5.75 Å². The van der Waals surface area contributed by atoms with Crippen LogP contribution in [0.5, 0.6) is 0 Å². The number of furan rings is 1. The third kappa shape index (κ3) is 5.00. The molecule has 0 saturated heterocycles. The van der Waals surface area contributed by atoms with Crippen molar-refractivity contribution in [1.82, 2.24) is 0 Å². The first kappa shape index (κ1) is 17.8. The number of anilines is 2. The smallest absolute Gasteiger partial charge is 0.257 e. The van der Waals surface area contributed by atoms with Crippen molar-refractivity contribution in [3.8, 4) is 0 Å². The van der Waals surface area contributed by atoms with Crippen LogP contribution in [0.25, 0.3) is 0 Å². The van der Waals surface area contributed by atoms with E-state index in [1.807, 2.05) is 42.5 Å². The van der Waals surface area contributed by atoms with Gasteiger partial charge < -0.3 is 15.1 Å². The van der Waals surface area contributed by atoms with Crippen molar-refractivity contribution in [2.75, 3.05) is 16.4 Å². The van der Waals surface area contributed by atoms with Crippen LogP contribution in [-0.2, 0) is 10.5 Å². The number of benzene rings is 2. The molecule has 0 bridgehead atoms. The van der Waals surface area contributed by atoms with Gasteiger partial charge in [0.1, 0.15) is 5.76 Å². The van der Waals surface area contributed by atoms with Crippen molar-refractivity contribution >= 4 is 35.0 Å². The predicted molar refractivity (Wildman–Crippen MR) is 104 cm³/mol. The zero-order chi connectivity index (χ0) is 18.2. The highest BCUT2D eigenvalue weighted by Crippen LogP contribution is 2.18. The van der Waals surface area contributed by atoms with Crippen LogP contribution in [0.4, 0.5) is 11.4 Å². The Morgan fingerprint density at radius 1 is 0.885 bits per heavy atom. The summed E-state index contributed by atoms with van der Waals surface area (Å²) in [5, 5.41) is 5.63. The number of nitrogens with one attached hydrogen (secondary N) is 2. The standard InChI is InChI=1S/C20H18N2O3S/c23-19(14-26-13-16-9-6-12-25-16)22-18-11-5-4-10-17(18)20(24)21-15-7-2-1-3-8-15/h1-12H,13-14H2,(H,21,24)(H,22,23). The van der Waals surface area contributed by atoms with E-state index in [1.54, 1.807) is 30.5 Å². The summed E-state index contributed by atoms with van der Waals surface area (Å²) in [4.78, 5) is 24.7. The summed E-state index contributed by atoms with van der Waals surface area (Å²) in [5.74, 6) is 1.29. The van der Waals surface area contributed by atoms with E-state index in [9.17, 15) is 9.59 Å². The highest BCUT2D eigenvalue weighted by atomic mass is 32.2. The van der Waals surface area contributed by atoms with Crippen LogP contribution in [0.1, 0.15) is 16.1 Å². The van der Waals surface area contributed by atoms with Gasteiger partial charge in [0.05, 0.1) is 29.0 Å². The van der Waals surface area contributed by atoms with Crippen molar-refractivity contribution in [3.05, 3.63) is 84.3 Å². The van der Waals surface area contributed by atoms with E-state index in [4.69, 9.17) is 4.42 Å². The second-order valence-electron chi connectivity index (χ2n) is 5.49. The molecule has 0 atom stereocenters. The zero-order valence-corrected chi connectivity index (χ0v) is 14.8. The van der Waals surface area contributed by atoms with E-state index in [0.717, 1.165) is 5.76 Å². The highest BCUT2D eigenvalue weighted by molar-refractivity contribution is 7.99. The number of amides is 2. The van der Waals surface area contributed by atoms with E-state index < -0.39 is 0 Å². The van der Waals surface area contributed by atoms with E-state index in [0.29, 0.717) is 22.7 Å². The third-order valence-corrected chi connectivity index (χ3v) is 4.49. The van der Waals surface area contributed by atoms with Crippen molar-refractivity contribution in [2.24, 2.45) is 0 Å². The molecule has 3 rings (SSSR count). The molecule has 5 nitrogen and oxygen atoms in total. The van der Waals surface area contributed by atoms with Gasteiger partial charge in [-0.2, -0.15) is 0 Å². The van der Waals surface area contributed by atoms with Crippen molar-refractivity contribution in [3.63, 3.8) is 0 Å². The lowest BCUT2D eigenvalue weighted by Gasteiger charge is -2.11. The van der Waals surface area contributed by atoms with Crippen molar-refractivity contribution in [1.29, 1.82) is 0 Å². The van der Waals surface area contributed by atoms with Gasteiger partial charge in [0.25, 0.3) is 5.91 Å². The molecule has 2 amide bonds. The molecule has 3 aromatic rings. The summed E-state index contributed by atoms with van der Waals surface area (Å²) in [7, 11) is 0. The topological polar surface area (TPSA) is 71.3 Å². The largest absolute Gasteiger partial charge is 0.468 e. The van der Waals surface area contributed by atoms with E-state index >= 15 is 0 Å². The first-order valence-corrected chi connectivity index (χ1v) is 9.23. The predicted octanol–water partition coefficient (Wildman–Crippen LogP) is 4.40. The number of hydrogen-bond donors (Lipinski definition) is 2. The maximum atomic E-state index is 12.5. The highest BCUT2D eigenvalue weighted by Gasteiger charge is 2.13. The van der Waals surface area contributed by atoms with Gasteiger partial charge in [0, 0.05) is 5.69 Å². The van der Waals surface area contributed by atoms with E-state index in [2.05, 4.69) is 10.6 Å². The minimum Gasteiger partial charge on any atom is -0.468 e. The molecule has 0 unspecified atom stereocenters. The Balaban J connectivity index is 1.59. The molecule has 0 fully saturated rings. The van der Waals surface area contributed by atoms with Crippen LogP contribution in [0.3, 0.4) is 0 Å². The third-order valence-electron chi connectivity index (χ3n) is 3.54. The molecule has 132 valence electrons. The Morgan fingerprint density at radius 3 is 2.42 bits per heavy atom. The Kier molecular flexibility index (Phi) is 6.11. The first-order valence-electron chi connectivity index (χ1n) is 8.08. The quantitative estimate of drug-likeness (QED) is 0.650. The molecule has 2 aromatic carbocycles. The van der Waals surface area contributed by atoms with Crippen LogP contribution in [0, 0.1) is 0 Å². The molecule has 0 spiro atoms. The second kappa shape index (κ2) is 8.92. The normalized spacial score (nSPS) is 10.3. The lowest BCUT2D eigenvalue weighted by atomic mass is 10.1. The number of rotatable bonds is 7. The van der Waals surface area contributed by atoms with Gasteiger partial charge in [-0.25, -0.2) is 0 Å². The number of para-hydroxylation sites is 2. The SMILES string of the molecule is O=C(CSCc1ccco1)Nc1ccccc1C(=O)Nc1ccccc1. The van der Waals surface area contributed by atoms with Crippen molar-refractivity contribution < 1.29 is 14.0 Å². The average Bonchev–Trinajstić information content (AvgIpc) is 3.16. The Morgan fingerprint density at radius 2 is 1.65 bits per heavy atom. The van der Waals surface area contributed by atoms with Gasteiger partial charge in [-0.15, -0.1) is 11.8 Å². The summed E-state index contributed by atoms with van der Waals surface area (Å²) in [6.07, 6.45) is 1.61. The molecule has 0 radical (unpaired) electrons. The molecule has 0 aliphatic rings. The molecule has 26 heavy (non-hydrogen) atoms. The summed E-state index contributed by atoms with van der Waals surface area (Å²) in [5.41, 5.74) is 1.61. The summed E-state index contributed by atoms with van der Waals surface area (Å²) < 4.78 is 5.24. The lowest BCUT2D eigenvalue weighted by molar-refractivity contribution is -0.113. The molecule has 0 saturated carbocycles. The average molecular weight is 366 g/mol. The molecule has 0 aliphatic heterocycles. The number of thioether (sulfide) groups is 1. The summed E-state index contributed by atoms with van der Waals surface area (Å²) in [6, 6.07) is 19.8. The van der Waals surface area contributed by atoms with Crippen LogP contribution in [-0.4, -0.2) is 17.6 Å². The fraction of sp³-hybridized carbons (Fsp3) is 0.100. The molecular formula is C20H18N2O3S. The van der Waals surface area contributed by atoms with E-state index in [-0.39, 0.29) is 17.6 Å². The fourth-order valence-electron chi connectivity index (χ4n) is 2.34. The van der Waals surface area contributed by atoms with E-state index in [1.165, 1.54) is 11.8 Å². The van der Waals surface area contributed by atoms with Crippen LogP contribution < -0.4 is 10.6 Å². The maximum Gasteiger partial charge on any atom is 0.257 e. The van der Waals surface area contributed by atoms with Crippen LogP contribution in [0.2, 0.25) is 0 Å². The van der Waals surface area contributed by atoms with Crippen LogP contribution in [0.15, 0.2) is 77.4 Å². The van der Waals surface area contributed by atoms with Gasteiger partial charge in [-0.3, -0.25) is 9.59 Å². The minimum atomic E-state index is -0.268. The monoisotopic (exact) mass is 366 g/mol. The minimum absolute atomic E-state index is 0.165. The Bertz CT molecular complexity index is 864. The Hall–Kier alpha value is -2.99. The number of hydrogen-bond acceptors (Lipinski definition) is 4. The summed E-state index contributed by atoms with van der Waals surface area (Å²) in [6.45, 7) is 0. The van der Waals surface area contributed by atoms with Gasteiger partial charge in [-0.1, -0.05) is 30.3 Å². The molecular weight excluding hydrogens is 348 g/mol.